The minimum atomic E-state index is -0.341. The Morgan fingerprint density at radius 2 is 0.911 bits per heavy atom. The first-order valence-corrected chi connectivity index (χ1v) is 19.6. The monoisotopic (exact) mass is 746 g/mol. The maximum Gasteiger partial charge on any atom is 0.245 e. The Morgan fingerprint density at radius 1 is 0.554 bits per heavy atom. The molecule has 0 radical (unpaired) electrons. The van der Waals surface area contributed by atoms with E-state index in [2.05, 4.69) is 58.5 Å². The molecule has 2 fully saturated rings. The van der Waals surface area contributed by atoms with Gasteiger partial charge >= 0.3 is 0 Å². The second-order valence-electron chi connectivity index (χ2n) is 15.5. The van der Waals surface area contributed by atoms with E-state index in [9.17, 15) is 9.59 Å². The van der Waals surface area contributed by atoms with Gasteiger partial charge in [-0.25, -0.2) is 9.97 Å². The molecule has 56 heavy (non-hydrogen) atoms. The second-order valence-corrected chi connectivity index (χ2v) is 15.5. The molecule has 1 unspecified atom stereocenters. The Kier molecular flexibility index (Phi) is 10.7. The zero-order valence-corrected chi connectivity index (χ0v) is 32.6. The Hall–Kier alpha value is -5.84. The highest BCUT2D eigenvalue weighted by Crippen LogP contribution is 2.37. The number of amides is 2. The lowest BCUT2D eigenvalue weighted by atomic mass is 10.0. The van der Waals surface area contributed by atoms with Gasteiger partial charge in [0, 0.05) is 13.1 Å². The quantitative estimate of drug-likeness (QED) is 0.139. The Morgan fingerprint density at radius 3 is 1.27 bits per heavy atom. The molecular formula is C46H50N8O2. The first kappa shape index (κ1) is 37.1. The Bertz CT molecular complexity index is 2080. The Balaban J connectivity index is 0.930. The minimum Gasteiger partial charge on any atom is -0.340 e. The van der Waals surface area contributed by atoms with Gasteiger partial charge in [-0.2, -0.15) is 0 Å². The van der Waals surface area contributed by atoms with E-state index in [1.807, 2.05) is 121 Å². The lowest BCUT2D eigenvalue weighted by Gasteiger charge is -2.31. The smallest absolute Gasteiger partial charge is 0.245 e. The third kappa shape index (κ3) is 7.42. The maximum atomic E-state index is 13.9. The van der Waals surface area contributed by atoms with Crippen LogP contribution < -0.4 is 0 Å². The Labute approximate surface area is 329 Å². The molecule has 0 saturated carbocycles. The molecule has 2 aliphatic heterocycles. The zero-order valence-electron chi connectivity index (χ0n) is 32.6. The number of benzene rings is 4. The van der Waals surface area contributed by atoms with Crippen LogP contribution in [0, 0.1) is 0 Å². The molecule has 0 aliphatic carbocycles. The van der Waals surface area contributed by atoms with Gasteiger partial charge in [-0.1, -0.05) is 109 Å². The standard InChI is InChI=1S/C46H50N8O2/c1-51(2)41(35-13-7-5-8-14-35)45(55)53-27-11-17-39(53)43-47-29-37(49-43)33-23-19-31(20-24-33)32-21-25-34(26-22-32)38-30-48-44(50-38)40-18-12-28-54(40)46(56)42(52(3)4)36-15-9-6-10-16-36/h5-10,13-16,19-26,29-30,39-42H,11-12,17-18,27-28H2,1-4H3,(H,47,49)(H,48,50)/t39-,40?,41+,42+/m0/s1. The summed E-state index contributed by atoms with van der Waals surface area (Å²) >= 11 is 0. The summed E-state index contributed by atoms with van der Waals surface area (Å²) < 4.78 is 0. The molecular weight excluding hydrogens is 697 g/mol. The van der Waals surface area contributed by atoms with Crippen molar-refractivity contribution in [2.24, 2.45) is 0 Å². The van der Waals surface area contributed by atoms with Gasteiger partial charge in [-0.3, -0.25) is 19.4 Å². The van der Waals surface area contributed by atoms with Crippen molar-refractivity contribution in [2.75, 3.05) is 41.3 Å². The number of carbonyl (C=O) groups excluding carboxylic acids is 2. The van der Waals surface area contributed by atoms with Crippen LogP contribution >= 0.6 is 0 Å². The lowest BCUT2D eigenvalue weighted by molar-refractivity contribution is -0.138. The molecule has 2 saturated heterocycles. The summed E-state index contributed by atoms with van der Waals surface area (Å²) in [5.41, 5.74) is 8.17. The van der Waals surface area contributed by atoms with Gasteiger partial charge in [-0.05, 0) is 87.3 Å². The number of hydrogen-bond acceptors (Lipinski definition) is 6. The SMILES string of the molecule is CN(C)[C@@H](C(=O)N1CCCC1c1ncc(-c2ccc(-c3ccc(-c4cnc([C@@H]5CCCN5C(=O)[C@@H](c5ccccc5)N(C)C)[nH]4)cc3)cc2)[nH]1)c1ccccc1. The fourth-order valence-corrected chi connectivity index (χ4v) is 8.53. The van der Waals surface area contributed by atoms with Crippen LogP contribution in [-0.4, -0.2) is 92.6 Å². The van der Waals surface area contributed by atoms with E-state index in [4.69, 9.17) is 9.97 Å². The fourth-order valence-electron chi connectivity index (χ4n) is 8.53. The number of aromatic amines is 2. The average Bonchev–Trinajstić information content (AvgIpc) is 4.06. The van der Waals surface area contributed by atoms with Crippen molar-refractivity contribution in [3.63, 3.8) is 0 Å². The highest BCUT2D eigenvalue weighted by Gasteiger charge is 2.38. The summed E-state index contributed by atoms with van der Waals surface area (Å²) in [7, 11) is 7.84. The van der Waals surface area contributed by atoms with Crippen LogP contribution in [0.5, 0.6) is 0 Å². The summed E-state index contributed by atoms with van der Waals surface area (Å²) in [4.78, 5) is 52.5. The van der Waals surface area contributed by atoms with Gasteiger partial charge in [0.1, 0.15) is 23.7 Å². The molecule has 8 rings (SSSR count). The molecule has 6 aromatic rings. The van der Waals surface area contributed by atoms with E-state index in [0.29, 0.717) is 0 Å². The van der Waals surface area contributed by atoms with Crippen molar-refractivity contribution in [3.8, 4) is 33.6 Å². The van der Waals surface area contributed by atoms with Gasteiger partial charge in [0.15, 0.2) is 0 Å². The van der Waals surface area contributed by atoms with Crippen LogP contribution in [0.1, 0.15) is 72.6 Å². The summed E-state index contributed by atoms with van der Waals surface area (Å²) in [6.45, 7) is 1.44. The van der Waals surface area contributed by atoms with Crippen molar-refractivity contribution < 1.29 is 9.59 Å². The number of H-pyrrole nitrogens is 2. The van der Waals surface area contributed by atoms with Gasteiger partial charge in [0.2, 0.25) is 11.8 Å². The lowest BCUT2D eigenvalue weighted by Crippen LogP contribution is -2.40. The van der Waals surface area contributed by atoms with Gasteiger partial charge in [0.05, 0.1) is 35.9 Å². The van der Waals surface area contributed by atoms with Crippen molar-refractivity contribution in [1.82, 2.24) is 39.5 Å². The van der Waals surface area contributed by atoms with Crippen LogP contribution in [-0.2, 0) is 9.59 Å². The number of nitrogens with zero attached hydrogens (tertiary/aromatic N) is 6. The molecule has 4 aromatic carbocycles. The van der Waals surface area contributed by atoms with Crippen molar-refractivity contribution in [2.45, 2.75) is 49.9 Å². The number of nitrogens with one attached hydrogen (secondary N) is 2. The summed E-state index contributed by atoms with van der Waals surface area (Å²) in [5.74, 6) is 1.87. The molecule has 2 aliphatic rings. The van der Waals surface area contributed by atoms with Crippen molar-refractivity contribution in [3.05, 3.63) is 144 Å². The van der Waals surface area contributed by atoms with E-state index in [1.165, 1.54) is 0 Å². The van der Waals surface area contributed by atoms with Gasteiger partial charge in [0.25, 0.3) is 0 Å². The van der Waals surface area contributed by atoms with Crippen molar-refractivity contribution >= 4 is 11.8 Å². The fraction of sp³-hybridized carbons (Fsp3) is 0.304. The number of carbonyl (C=O) groups is 2. The van der Waals surface area contributed by atoms with Crippen LogP contribution in [0.2, 0.25) is 0 Å². The van der Waals surface area contributed by atoms with Crippen LogP contribution in [0.3, 0.4) is 0 Å². The molecule has 2 aromatic heterocycles. The van der Waals surface area contributed by atoms with E-state index >= 15 is 0 Å². The topological polar surface area (TPSA) is 104 Å². The predicted molar refractivity (Wildman–Crippen MR) is 220 cm³/mol. The first-order valence-electron chi connectivity index (χ1n) is 19.6. The minimum absolute atomic E-state index is 0.0826. The van der Waals surface area contributed by atoms with Crippen LogP contribution in [0.15, 0.2) is 122 Å². The number of likely N-dealkylation sites (tertiary alicyclic amines) is 2. The van der Waals surface area contributed by atoms with Gasteiger partial charge in [-0.15, -0.1) is 0 Å². The third-order valence-corrected chi connectivity index (χ3v) is 11.4. The van der Waals surface area contributed by atoms with E-state index in [1.54, 1.807) is 0 Å². The normalized spacial score (nSPS) is 18.2. The number of likely N-dealkylation sites (N-methyl/N-ethyl adjacent to an activating group) is 2. The molecule has 0 spiro atoms. The second kappa shape index (κ2) is 16.1. The first-order chi connectivity index (χ1) is 27.3. The summed E-state index contributed by atoms with van der Waals surface area (Å²) in [5, 5.41) is 0. The molecule has 4 heterocycles. The molecule has 2 amide bonds. The van der Waals surface area contributed by atoms with Crippen LogP contribution in [0.25, 0.3) is 33.6 Å². The molecule has 286 valence electrons. The van der Waals surface area contributed by atoms with Gasteiger partial charge < -0.3 is 19.8 Å². The third-order valence-electron chi connectivity index (χ3n) is 11.4. The largest absolute Gasteiger partial charge is 0.340 e. The molecule has 10 heteroatoms. The molecule has 0 bridgehead atoms. The summed E-state index contributed by atoms with van der Waals surface area (Å²) in [6, 6.07) is 36.1. The van der Waals surface area contributed by atoms with Crippen molar-refractivity contribution in [1.29, 1.82) is 0 Å². The zero-order chi connectivity index (χ0) is 38.8. The van der Waals surface area contributed by atoms with E-state index < -0.39 is 0 Å². The number of hydrogen-bond donors (Lipinski definition) is 2. The highest BCUT2D eigenvalue weighted by atomic mass is 16.2. The van der Waals surface area contributed by atoms with Crippen LogP contribution in [0.4, 0.5) is 0 Å². The maximum absolute atomic E-state index is 13.9. The number of aromatic nitrogens is 4. The molecule has 2 N–H and O–H groups in total. The average molecular weight is 747 g/mol. The number of rotatable bonds is 11. The number of imidazole rings is 2. The van der Waals surface area contributed by atoms with E-state index in [0.717, 1.165) is 95.2 Å². The molecule has 4 atom stereocenters. The summed E-state index contributed by atoms with van der Waals surface area (Å²) in [6.07, 6.45) is 7.42. The molecule has 10 nitrogen and oxygen atoms in total. The van der Waals surface area contributed by atoms with E-state index in [-0.39, 0.29) is 36.0 Å². The highest BCUT2D eigenvalue weighted by molar-refractivity contribution is 5.84. The predicted octanol–water partition coefficient (Wildman–Crippen LogP) is 8.07.